The summed E-state index contributed by atoms with van der Waals surface area (Å²) < 4.78 is 11.1. The summed E-state index contributed by atoms with van der Waals surface area (Å²) in [5.74, 6) is 2.04. The SMILES string of the molecule is CCCNc1ncnc(Oc2ccc(CO)cc2)c1OC. The van der Waals surface area contributed by atoms with Gasteiger partial charge in [-0.15, -0.1) is 0 Å². The van der Waals surface area contributed by atoms with Gasteiger partial charge >= 0.3 is 0 Å². The Balaban J connectivity index is 2.21. The predicted molar refractivity (Wildman–Crippen MR) is 79.8 cm³/mol. The van der Waals surface area contributed by atoms with Crippen LogP contribution in [0.3, 0.4) is 0 Å². The fourth-order valence-electron chi connectivity index (χ4n) is 1.76. The Morgan fingerprint density at radius 1 is 1.19 bits per heavy atom. The van der Waals surface area contributed by atoms with Crippen LogP contribution in [0.4, 0.5) is 5.82 Å². The van der Waals surface area contributed by atoms with Crippen molar-refractivity contribution in [1.29, 1.82) is 0 Å². The zero-order valence-corrected chi connectivity index (χ0v) is 12.2. The average Bonchev–Trinajstić information content (AvgIpc) is 2.53. The Morgan fingerprint density at radius 2 is 1.95 bits per heavy atom. The molecule has 0 saturated carbocycles. The molecule has 2 N–H and O–H groups in total. The fourth-order valence-corrected chi connectivity index (χ4v) is 1.76. The Morgan fingerprint density at radius 3 is 2.57 bits per heavy atom. The molecule has 0 saturated heterocycles. The zero-order valence-electron chi connectivity index (χ0n) is 12.2. The van der Waals surface area contributed by atoms with E-state index in [1.165, 1.54) is 6.33 Å². The van der Waals surface area contributed by atoms with Crippen molar-refractivity contribution in [2.45, 2.75) is 20.0 Å². The molecule has 0 radical (unpaired) electrons. The number of hydrogen-bond donors (Lipinski definition) is 2. The lowest BCUT2D eigenvalue weighted by Crippen LogP contribution is -2.05. The molecule has 0 spiro atoms. The molecule has 0 fully saturated rings. The number of benzene rings is 1. The third-order valence-electron chi connectivity index (χ3n) is 2.84. The molecule has 1 aromatic heterocycles. The lowest BCUT2D eigenvalue weighted by atomic mass is 10.2. The monoisotopic (exact) mass is 289 g/mol. The summed E-state index contributed by atoms with van der Waals surface area (Å²) in [6.07, 6.45) is 2.41. The molecule has 0 bridgehead atoms. The number of aromatic nitrogens is 2. The third-order valence-corrected chi connectivity index (χ3v) is 2.84. The highest BCUT2D eigenvalue weighted by Gasteiger charge is 2.13. The van der Waals surface area contributed by atoms with Gasteiger partial charge in [0.05, 0.1) is 13.7 Å². The fraction of sp³-hybridized carbons (Fsp3) is 0.333. The first kappa shape index (κ1) is 15.1. The molecule has 0 aliphatic rings. The number of anilines is 1. The molecule has 6 heteroatoms. The van der Waals surface area contributed by atoms with Crippen LogP contribution in [0.15, 0.2) is 30.6 Å². The normalized spacial score (nSPS) is 10.2. The van der Waals surface area contributed by atoms with Gasteiger partial charge in [0.15, 0.2) is 5.82 Å². The summed E-state index contributed by atoms with van der Waals surface area (Å²) in [5.41, 5.74) is 0.822. The molecule has 0 amide bonds. The van der Waals surface area contributed by atoms with E-state index < -0.39 is 0 Å². The van der Waals surface area contributed by atoms with E-state index in [4.69, 9.17) is 14.6 Å². The quantitative estimate of drug-likeness (QED) is 0.816. The van der Waals surface area contributed by atoms with E-state index in [2.05, 4.69) is 22.2 Å². The minimum absolute atomic E-state index is 0.00218. The van der Waals surface area contributed by atoms with Crippen molar-refractivity contribution < 1.29 is 14.6 Å². The van der Waals surface area contributed by atoms with Gasteiger partial charge in [0.2, 0.25) is 5.75 Å². The van der Waals surface area contributed by atoms with Gasteiger partial charge in [0.25, 0.3) is 5.88 Å². The first-order chi connectivity index (χ1) is 10.3. The largest absolute Gasteiger partial charge is 0.489 e. The zero-order chi connectivity index (χ0) is 15.1. The molecule has 2 aromatic rings. The van der Waals surface area contributed by atoms with Gasteiger partial charge in [0, 0.05) is 6.54 Å². The second-order valence-corrected chi connectivity index (χ2v) is 4.39. The van der Waals surface area contributed by atoms with E-state index in [9.17, 15) is 0 Å². The van der Waals surface area contributed by atoms with Crippen molar-refractivity contribution in [3.63, 3.8) is 0 Å². The number of methoxy groups -OCH3 is 1. The van der Waals surface area contributed by atoms with Crippen molar-refractivity contribution in [3.05, 3.63) is 36.2 Å². The number of ether oxygens (including phenoxy) is 2. The van der Waals surface area contributed by atoms with Gasteiger partial charge in [-0.2, -0.15) is 4.98 Å². The molecule has 1 aromatic carbocycles. The molecule has 21 heavy (non-hydrogen) atoms. The number of aliphatic hydroxyl groups is 1. The maximum Gasteiger partial charge on any atom is 0.268 e. The molecule has 1 heterocycles. The number of nitrogens with one attached hydrogen (secondary N) is 1. The van der Waals surface area contributed by atoms with E-state index >= 15 is 0 Å². The summed E-state index contributed by atoms with van der Waals surface area (Å²) in [6.45, 7) is 2.86. The highest BCUT2D eigenvalue weighted by Crippen LogP contribution is 2.34. The van der Waals surface area contributed by atoms with Gasteiger partial charge in [0.1, 0.15) is 12.1 Å². The third kappa shape index (κ3) is 3.82. The first-order valence-corrected chi connectivity index (χ1v) is 6.79. The summed E-state index contributed by atoms with van der Waals surface area (Å²) in [4.78, 5) is 8.26. The van der Waals surface area contributed by atoms with Crippen molar-refractivity contribution in [2.75, 3.05) is 19.0 Å². The van der Waals surface area contributed by atoms with E-state index in [0.717, 1.165) is 18.5 Å². The lowest BCUT2D eigenvalue weighted by molar-refractivity contribution is 0.281. The molecule has 0 aliphatic carbocycles. The first-order valence-electron chi connectivity index (χ1n) is 6.79. The van der Waals surface area contributed by atoms with E-state index in [1.807, 2.05) is 0 Å². The summed E-state index contributed by atoms with van der Waals surface area (Å²) in [7, 11) is 1.55. The van der Waals surface area contributed by atoms with Crippen molar-refractivity contribution in [3.8, 4) is 17.4 Å². The molecule has 2 rings (SSSR count). The van der Waals surface area contributed by atoms with E-state index in [0.29, 0.717) is 23.2 Å². The number of aliphatic hydroxyl groups excluding tert-OH is 1. The smallest absolute Gasteiger partial charge is 0.268 e. The minimum atomic E-state index is 0.00218. The van der Waals surface area contributed by atoms with Crippen LogP contribution < -0.4 is 14.8 Å². The molecular formula is C15H19N3O3. The standard InChI is InChI=1S/C15H19N3O3/c1-3-8-16-14-13(20-2)15(18-10-17-14)21-12-6-4-11(9-19)5-7-12/h4-7,10,19H,3,8-9H2,1-2H3,(H,16,17,18). The van der Waals surface area contributed by atoms with Crippen LogP contribution >= 0.6 is 0 Å². The molecule has 0 atom stereocenters. The van der Waals surface area contributed by atoms with Crippen molar-refractivity contribution in [2.24, 2.45) is 0 Å². The van der Waals surface area contributed by atoms with Gasteiger partial charge in [-0.05, 0) is 24.1 Å². The minimum Gasteiger partial charge on any atom is -0.489 e. The van der Waals surface area contributed by atoms with Gasteiger partial charge < -0.3 is 19.9 Å². The van der Waals surface area contributed by atoms with E-state index in [-0.39, 0.29) is 6.61 Å². The predicted octanol–water partition coefficient (Wildman–Crippen LogP) is 2.59. The lowest BCUT2D eigenvalue weighted by Gasteiger charge is -2.13. The maximum atomic E-state index is 9.03. The number of hydrogen-bond acceptors (Lipinski definition) is 6. The molecule has 6 nitrogen and oxygen atoms in total. The van der Waals surface area contributed by atoms with Crippen LogP contribution in [0.5, 0.6) is 17.4 Å². The van der Waals surface area contributed by atoms with Gasteiger partial charge in [-0.1, -0.05) is 19.1 Å². The number of rotatable bonds is 7. The Hall–Kier alpha value is -2.34. The van der Waals surface area contributed by atoms with Crippen LogP contribution in [0, 0.1) is 0 Å². The summed E-state index contributed by atoms with van der Waals surface area (Å²) in [6, 6.07) is 7.12. The highest BCUT2D eigenvalue weighted by molar-refractivity contribution is 5.55. The van der Waals surface area contributed by atoms with Crippen LogP contribution in [0.25, 0.3) is 0 Å². The van der Waals surface area contributed by atoms with Crippen LogP contribution in [-0.2, 0) is 6.61 Å². The maximum absolute atomic E-state index is 9.03. The molecule has 0 unspecified atom stereocenters. The van der Waals surface area contributed by atoms with Crippen LogP contribution in [0.2, 0.25) is 0 Å². The summed E-state index contributed by atoms with van der Waals surface area (Å²) >= 11 is 0. The van der Waals surface area contributed by atoms with Crippen molar-refractivity contribution in [1.82, 2.24) is 9.97 Å². The highest BCUT2D eigenvalue weighted by atomic mass is 16.5. The second-order valence-electron chi connectivity index (χ2n) is 4.39. The summed E-state index contributed by atoms with van der Waals surface area (Å²) in [5, 5.41) is 12.2. The van der Waals surface area contributed by atoms with E-state index in [1.54, 1.807) is 31.4 Å². The average molecular weight is 289 g/mol. The topological polar surface area (TPSA) is 76.5 Å². The van der Waals surface area contributed by atoms with Gasteiger partial charge in [-0.25, -0.2) is 4.98 Å². The Bertz CT molecular complexity index is 573. The molecule has 0 aliphatic heterocycles. The number of nitrogens with zero attached hydrogens (tertiary/aromatic N) is 2. The second kappa shape index (κ2) is 7.44. The van der Waals surface area contributed by atoms with Gasteiger partial charge in [-0.3, -0.25) is 0 Å². The Labute approximate surface area is 123 Å². The van der Waals surface area contributed by atoms with Crippen molar-refractivity contribution >= 4 is 5.82 Å². The van der Waals surface area contributed by atoms with Crippen LogP contribution in [-0.4, -0.2) is 28.7 Å². The van der Waals surface area contributed by atoms with Crippen LogP contribution in [0.1, 0.15) is 18.9 Å². The molecule has 112 valence electrons. The Kier molecular flexibility index (Phi) is 5.34. The molecular weight excluding hydrogens is 270 g/mol.